The Morgan fingerprint density at radius 2 is 1.55 bits per heavy atom. The molecule has 1 atom stereocenters. The van der Waals surface area contributed by atoms with Crippen molar-refractivity contribution in [3.63, 3.8) is 0 Å². The van der Waals surface area contributed by atoms with Crippen molar-refractivity contribution in [2.45, 2.75) is 26.8 Å². The van der Waals surface area contributed by atoms with Crippen molar-refractivity contribution in [1.82, 2.24) is 9.97 Å². The lowest BCUT2D eigenvalue weighted by Crippen LogP contribution is -2.47. The van der Waals surface area contributed by atoms with E-state index in [-0.39, 0.29) is 6.04 Å². The van der Waals surface area contributed by atoms with E-state index in [0.717, 1.165) is 43.6 Å². The molecule has 150 valence electrons. The second-order valence-corrected chi connectivity index (χ2v) is 7.75. The molecular weight excluding hydrogens is 358 g/mol. The summed E-state index contributed by atoms with van der Waals surface area (Å²) >= 11 is 0. The lowest BCUT2D eigenvalue weighted by Gasteiger charge is -2.37. The molecule has 5 nitrogen and oxygen atoms in total. The van der Waals surface area contributed by atoms with Crippen molar-refractivity contribution in [2.75, 3.05) is 41.3 Å². The third-order valence-electron chi connectivity index (χ3n) is 5.46. The van der Waals surface area contributed by atoms with Crippen LogP contribution >= 0.6 is 0 Å². The minimum atomic E-state index is 0.191. The highest BCUT2D eigenvalue weighted by Gasteiger charge is 2.19. The summed E-state index contributed by atoms with van der Waals surface area (Å²) in [7, 11) is 0. The van der Waals surface area contributed by atoms with Crippen molar-refractivity contribution in [2.24, 2.45) is 0 Å². The van der Waals surface area contributed by atoms with E-state index < -0.39 is 0 Å². The van der Waals surface area contributed by atoms with Gasteiger partial charge in [0.25, 0.3) is 0 Å². The summed E-state index contributed by atoms with van der Waals surface area (Å²) in [6.07, 6.45) is 0. The zero-order chi connectivity index (χ0) is 20.2. The molecule has 4 rings (SSSR count). The maximum absolute atomic E-state index is 4.71. The molecule has 2 aromatic carbocycles. The van der Waals surface area contributed by atoms with E-state index in [0.29, 0.717) is 0 Å². The van der Waals surface area contributed by atoms with E-state index in [1.807, 2.05) is 13.0 Å². The minimum Gasteiger partial charge on any atom is -0.368 e. The Morgan fingerprint density at radius 3 is 2.28 bits per heavy atom. The third kappa shape index (κ3) is 4.67. The second kappa shape index (κ2) is 8.52. The Bertz CT molecular complexity index is 948. The molecular formula is C24H29N5. The van der Waals surface area contributed by atoms with Crippen LogP contribution in [0.15, 0.2) is 60.7 Å². The Kier molecular flexibility index (Phi) is 5.65. The summed E-state index contributed by atoms with van der Waals surface area (Å²) in [5.41, 5.74) is 3.86. The second-order valence-electron chi connectivity index (χ2n) is 7.75. The summed E-state index contributed by atoms with van der Waals surface area (Å²) < 4.78 is 0. The van der Waals surface area contributed by atoms with Crippen LogP contribution in [0, 0.1) is 13.8 Å². The zero-order valence-electron chi connectivity index (χ0n) is 17.5. The normalized spacial score (nSPS) is 15.3. The van der Waals surface area contributed by atoms with Gasteiger partial charge in [-0.25, -0.2) is 9.97 Å². The highest BCUT2D eigenvalue weighted by molar-refractivity contribution is 5.54. The summed E-state index contributed by atoms with van der Waals surface area (Å²) in [6, 6.07) is 21.5. The van der Waals surface area contributed by atoms with Gasteiger partial charge in [0.15, 0.2) is 0 Å². The van der Waals surface area contributed by atoms with Crippen LogP contribution in [0.4, 0.5) is 17.3 Å². The average Bonchev–Trinajstić information content (AvgIpc) is 2.74. The van der Waals surface area contributed by atoms with Crippen molar-refractivity contribution in [3.05, 3.63) is 77.6 Å². The Balaban J connectivity index is 1.44. The molecule has 2 heterocycles. The van der Waals surface area contributed by atoms with Crippen molar-refractivity contribution in [1.29, 1.82) is 0 Å². The summed E-state index contributed by atoms with van der Waals surface area (Å²) in [6.45, 7) is 10.2. The fraction of sp³-hybridized carbons (Fsp3) is 0.333. The average molecular weight is 388 g/mol. The molecule has 1 aliphatic rings. The van der Waals surface area contributed by atoms with Crippen LogP contribution in [0.25, 0.3) is 0 Å². The maximum atomic E-state index is 4.71. The predicted octanol–water partition coefficient (Wildman–Crippen LogP) is 4.59. The van der Waals surface area contributed by atoms with E-state index >= 15 is 0 Å². The standard InChI is InChI=1S/C24H29N5/c1-18-8-7-11-22(16-18)28-12-14-29(15-13-28)24-17-23(26-20(3)27-24)25-19(2)21-9-5-4-6-10-21/h4-11,16-17,19H,12-15H2,1-3H3,(H,25,26,27). The van der Waals surface area contributed by atoms with Crippen LogP contribution in [0.1, 0.15) is 29.9 Å². The minimum absolute atomic E-state index is 0.191. The molecule has 0 amide bonds. The van der Waals surface area contributed by atoms with E-state index in [2.05, 4.69) is 88.5 Å². The van der Waals surface area contributed by atoms with Gasteiger partial charge in [-0.15, -0.1) is 0 Å². The van der Waals surface area contributed by atoms with Crippen molar-refractivity contribution >= 4 is 17.3 Å². The molecule has 1 aromatic heterocycles. The molecule has 0 aliphatic carbocycles. The Hall–Kier alpha value is -3.08. The molecule has 1 N–H and O–H groups in total. The van der Waals surface area contributed by atoms with E-state index in [1.165, 1.54) is 16.8 Å². The lowest BCUT2D eigenvalue weighted by atomic mass is 10.1. The number of hydrogen-bond donors (Lipinski definition) is 1. The fourth-order valence-corrected chi connectivity index (χ4v) is 3.85. The SMILES string of the molecule is Cc1cccc(N2CCN(c3cc(NC(C)c4ccccc4)nc(C)n3)CC2)c1. The van der Waals surface area contributed by atoms with Gasteiger partial charge in [-0.3, -0.25) is 0 Å². The molecule has 0 bridgehead atoms. The third-order valence-corrected chi connectivity index (χ3v) is 5.46. The smallest absolute Gasteiger partial charge is 0.134 e. The van der Waals surface area contributed by atoms with Gasteiger partial charge in [0.1, 0.15) is 17.5 Å². The predicted molar refractivity (Wildman–Crippen MR) is 121 cm³/mol. The van der Waals surface area contributed by atoms with Gasteiger partial charge >= 0.3 is 0 Å². The van der Waals surface area contributed by atoms with Crippen LogP contribution < -0.4 is 15.1 Å². The van der Waals surface area contributed by atoms with Gasteiger partial charge in [0.05, 0.1) is 0 Å². The number of rotatable bonds is 5. The number of benzene rings is 2. The van der Waals surface area contributed by atoms with Gasteiger partial charge < -0.3 is 15.1 Å². The number of aromatic nitrogens is 2. The molecule has 5 heteroatoms. The van der Waals surface area contributed by atoms with Crippen molar-refractivity contribution < 1.29 is 0 Å². The monoisotopic (exact) mass is 387 g/mol. The van der Waals surface area contributed by atoms with Gasteiger partial charge in [0.2, 0.25) is 0 Å². The van der Waals surface area contributed by atoms with Crippen LogP contribution in [0.5, 0.6) is 0 Å². The van der Waals surface area contributed by atoms with Gasteiger partial charge in [-0.2, -0.15) is 0 Å². The van der Waals surface area contributed by atoms with Crippen LogP contribution in [-0.2, 0) is 0 Å². The molecule has 3 aromatic rings. The Labute approximate surface area is 173 Å². The number of nitrogens with one attached hydrogen (secondary N) is 1. The van der Waals surface area contributed by atoms with E-state index in [4.69, 9.17) is 4.98 Å². The molecule has 29 heavy (non-hydrogen) atoms. The van der Waals surface area contributed by atoms with Gasteiger partial charge in [-0.1, -0.05) is 42.5 Å². The topological polar surface area (TPSA) is 44.3 Å². The van der Waals surface area contributed by atoms with Crippen molar-refractivity contribution in [3.8, 4) is 0 Å². The number of aryl methyl sites for hydroxylation is 2. The van der Waals surface area contributed by atoms with Gasteiger partial charge in [-0.05, 0) is 44.0 Å². The first kappa shape index (κ1) is 19.2. The largest absolute Gasteiger partial charge is 0.368 e. The number of nitrogens with zero attached hydrogens (tertiary/aromatic N) is 4. The first-order chi connectivity index (χ1) is 14.1. The number of piperazine rings is 1. The number of hydrogen-bond acceptors (Lipinski definition) is 5. The molecule has 0 saturated carbocycles. The van der Waals surface area contributed by atoms with Gasteiger partial charge in [0, 0.05) is 44.0 Å². The van der Waals surface area contributed by atoms with Crippen LogP contribution in [0.3, 0.4) is 0 Å². The highest BCUT2D eigenvalue weighted by Crippen LogP contribution is 2.24. The first-order valence-corrected chi connectivity index (χ1v) is 10.3. The maximum Gasteiger partial charge on any atom is 0.134 e. The Morgan fingerprint density at radius 1 is 0.828 bits per heavy atom. The highest BCUT2D eigenvalue weighted by atomic mass is 15.3. The quantitative estimate of drug-likeness (QED) is 0.693. The van der Waals surface area contributed by atoms with Crippen LogP contribution in [-0.4, -0.2) is 36.1 Å². The zero-order valence-corrected chi connectivity index (χ0v) is 17.5. The first-order valence-electron chi connectivity index (χ1n) is 10.3. The van der Waals surface area contributed by atoms with Crippen LogP contribution in [0.2, 0.25) is 0 Å². The molecule has 0 spiro atoms. The molecule has 0 radical (unpaired) electrons. The summed E-state index contributed by atoms with van der Waals surface area (Å²) in [5.74, 6) is 2.68. The van der Waals surface area contributed by atoms with E-state index in [1.54, 1.807) is 0 Å². The summed E-state index contributed by atoms with van der Waals surface area (Å²) in [4.78, 5) is 14.1. The summed E-state index contributed by atoms with van der Waals surface area (Å²) in [5, 5.41) is 3.53. The lowest BCUT2D eigenvalue weighted by molar-refractivity contribution is 0.645. The number of anilines is 3. The molecule has 1 fully saturated rings. The molecule has 1 aliphatic heterocycles. The van der Waals surface area contributed by atoms with E-state index in [9.17, 15) is 0 Å². The molecule has 1 saturated heterocycles. The fourth-order valence-electron chi connectivity index (χ4n) is 3.85. The molecule has 1 unspecified atom stereocenters.